The summed E-state index contributed by atoms with van der Waals surface area (Å²) >= 11 is 0. The highest BCUT2D eigenvalue weighted by molar-refractivity contribution is 7.86. The molecule has 6 aromatic rings. The van der Waals surface area contributed by atoms with Crippen LogP contribution in [0.3, 0.4) is 0 Å². The fourth-order valence-electron chi connectivity index (χ4n) is 6.45. The van der Waals surface area contributed by atoms with Crippen LogP contribution in [-0.2, 0) is 40.5 Å². The second-order valence-electron chi connectivity index (χ2n) is 14.7. The van der Waals surface area contributed by atoms with E-state index in [2.05, 4.69) is 51.2 Å². The van der Waals surface area contributed by atoms with Crippen LogP contribution < -0.4 is 31.1 Å². The summed E-state index contributed by atoms with van der Waals surface area (Å²) in [6, 6.07) is 17.0. The second kappa shape index (κ2) is 23.0. The zero-order valence-electron chi connectivity index (χ0n) is 36.9. The summed E-state index contributed by atoms with van der Waals surface area (Å²) in [6.45, 7) is -1.83. The van der Waals surface area contributed by atoms with E-state index >= 15 is 0 Å². The predicted octanol–water partition coefficient (Wildman–Crippen LogP) is 1.77. The maximum Gasteiger partial charge on any atom is 0.295 e. The minimum absolute atomic E-state index is 0.0384. The second-order valence-corrected chi connectivity index (χ2v) is 20.4. The molecular weight excluding hydrogens is 1030 g/mol. The molecule has 4 aromatic carbocycles. The van der Waals surface area contributed by atoms with E-state index in [1.807, 2.05) is 0 Å². The minimum atomic E-state index is -5.04. The summed E-state index contributed by atoms with van der Waals surface area (Å²) in [5.41, 5.74) is -0.244. The van der Waals surface area contributed by atoms with E-state index in [9.17, 15) is 72.3 Å². The van der Waals surface area contributed by atoms with Crippen molar-refractivity contribution in [3.05, 3.63) is 96.1 Å². The largest absolute Gasteiger partial charge is 0.395 e. The molecule has 384 valence electrons. The Morgan fingerprint density at radius 1 is 0.403 bits per heavy atom. The Morgan fingerprint density at radius 3 is 0.986 bits per heavy atom. The van der Waals surface area contributed by atoms with E-state index in [1.54, 1.807) is 0 Å². The number of rotatable bonds is 24. The molecule has 0 fully saturated rings. The maximum atomic E-state index is 12.8. The van der Waals surface area contributed by atoms with Crippen molar-refractivity contribution in [2.24, 2.45) is 0 Å². The zero-order valence-corrected chi connectivity index (χ0v) is 40.2. The van der Waals surface area contributed by atoms with Gasteiger partial charge in [0, 0.05) is 48.9 Å². The lowest BCUT2D eigenvalue weighted by Gasteiger charge is -2.21. The molecule has 0 unspecified atom stereocenters. The molecule has 0 amide bonds. The fraction of sp³-hybridized carbons (Fsp3) is 0.200. The number of hydrogen-bond donors (Lipinski definition) is 12. The average molecular weight is 1080 g/mol. The molecule has 72 heavy (non-hydrogen) atoms. The van der Waals surface area contributed by atoms with Gasteiger partial charge < -0.3 is 51.5 Å². The number of hydrogen-bond acceptors (Lipinski definition) is 24. The van der Waals surface area contributed by atoms with E-state index in [-0.39, 0.29) is 95.7 Å². The third-order valence-corrected chi connectivity index (χ3v) is 13.1. The van der Waals surface area contributed by atoms with Crippen molar-refractivity contribution in [1.82, 2.24) is 29.9 Å². The van der Waals surface area contributed by atoms with Crippen LogP contribution in [0.1, 0.15) is 11.1 Å². The molecule has 0 saturated carbocycles. The van der Waals surface area contributed by atoms with Crippen LogP contribution in [0.4, 0.5) is 58.4 Å². The fourth-order valence-corrected chi connectivity index (χ4v) is 8.93. The Labute approximate surface area is 410 Å². The number of aliphatic hydroxyl groups is 4. The average Bonchev–Trinajstić information content (AvgIpc) is 3.30. The van der Waals surface area contributed by atoms with Crippen molar-refractivity contribution in [2.45, 2.75) is 19.6 Å². The first-order valence-electron chi connectivity index (χ1n) is 20.6. The Hall–Kier alpha value is -7.08. The summed E-state index contributed by atoms with van der Waals surface area (Å²) < 4.78 is 138. The quantitative estimate of drug-likeness (QED) is 0.0303. The van der Waals surface area contributed by atoms with Crippen molar-refractivity contribution < 1.29 is 72.3 Å². The van der Waals surface area contributed by atoms with E-state index in [1.165, 1.54) is 58.3 Å². The lowest BCUT2D eigenvalue weighted by atomic mass is 10.1. The monoisotopic (exact) mass is 1080 g/mol. The first-order chi connectivity index (χ1) is 34.0. The Balaban J connectivity index is 1.33. The molecule has 0 bridgehead atoms. The molecule has 12 N–H and O–H groups in total. The van der Waals surface area contributed by atoms with Crippen molar-refractivity contribution in [3.8, 4) is 0 Å². The molecule has 28 nitrogen and oxygen atoms in total. The minimum Gasteiger partial charge on any atom is -0.395 e. The van der Waals surface area contributed by atoms with Gasteiger partial charge in [0.25, 0.3) is 40.5 Å². The summed E-state index contributed by atoms with van der Waals surface area (Å²) in [5.74, 6) is -1.18. The molecular formula is C40H44N12O16S4. The number of aromatic nitrogens is 6. The molecule has 2 aromatic heterocycles. The first-order valence-corrected chi connectivity index (χ1v) is 26.3. The van der Waals surface area contributed by atoms with Crippen LogP contribution >= 0.6 is 0 Å². The lowest BCUT2D eigenvalue weighted by Crippen LogP contribution is -2.31. The number of nitrogens with one attached hydrogen (secondary N) is 4. The van der Waals surface area contributed by atoms with Gasteiger partial charge in [0.15, 0.2) is 0 Å². The van der Waals surface area contributed by atoms with Crippen LogP contribution in [-0.4, -0.2) is 155 Å². The SMILES string of the molecule is O=S(=O)(O)c1cccc(Nc2nc(Nc3ccc(/C=C/c4ccc(Nc5nc(Nc6cccc(S(=O)(=O)O)c6)nc(N(CCO)CCO)n5)cc4S(=O)(=O)O)c(S(=O)(=O)O)c3)nc(N(CCO)CCO)n2)c1. The molecule has 0 aliphatic carbocycles. The van der Waals surface area contributed by atoms with E-state index in [0.717, 1.165) is 48.6 Å². The van der Waals surface area contributed by atoms with E-state index in [4.69, 9.17) is 0 Å². The van der Waals surface area contributed by atoms with Crippen LogP contribution in [0.5, 0.6) is 0 Å². The van der Waals surface area contributed by atoms with Gasteiger partial charge in [0.1, 0.15) is 9.79 Å². The summed E-state index contributed by atoms with van der Waals surface area (Å²) in [7, 11) is -19.3. The van der Waals surface area contributed by atoms with Crippen LogP contribution in [0.15, 0.2) is 105 Å². The van der Waals surface area contributed by atoms with Gasteiger partial charge >= 0.3 is 0 Å². The standard InChI is InChI=1S/C40H44N12O16S4/c53-17-13-51(14-18-54)39-47-35(41-27-3-1-5-31(21-27)69(57,58)59)45-37(49-39)43-29-11-9-25(33(23-29)71(63,64)65)7-8-26-10-12-30(24-34(26)72(66,67)68)44-38-46-36(48-40(50-38)52(15-19-55)16-20-56)42-28-4-2-6-32(22-28)70(60,61)62/h1-12,21-24,53-56H,13-20H2,(H,57,58,59)(H,60,61,62)(H,63,64,65)(H,66,67,68)(H2,41,43,45,47,49)(H2,42,44,46,48,50)/b8-7+. The Morgan fingerprint density at radius 2 is 0.708 bits per heavy atom. The highest BCUT2D eigenvalue weighted by Crippen LogP contribution is 2.30. The van der Waals surface area contributed by atoms with Crippen LogP contribution in [0, 0.1) is 0 Å². The third-order valence-electron chi connectivity index (χ3n) is 9.61. The molecule has 0 spiro atoms. The molecule has 0 saturated heterocycles. The maximum absolute atomic E-state index is 12.8. The predicted molar refractivity (Wildman–Crippen MR) is 260 cm³/mol. The van der Waals surface area contributed by atoms with Gasteiger partial charge in [0.05, 0.1) is 36.2 Å². The van der Waals surface area contributed by atoms with Crippen molar-refractivity contribution in [2.75, 3.05) is 83.7 Å². The number of benzene rings is 4. The summed E-state index contributed by atoms with van der Waals surface area (Å²) in [5, 5.41) is 49.7. The topological polar surface area (TPSA) is 430 Å². The van der Waals surface area contributed by atoms with Crippen LogP contribution in [0.2, 0.25) is 0 Å². The molecule has 0 aliphatic heterocycles. The zero-order chi connectivity index (χ0) is 52.4. The van der Waals surface area contributed by atoms with Gasteiger partial charge in [-0.15, -0.1) is 0 Å². The Bertz CT molecular complexity index is 3190. The van der Waals surface area contributed by atoms with Gasteiger partial charge in [-0.1, -0.05) is 36.4 Å². The van der Waals surface area contributed by atoms with Crippen molar-refractivity contribution in [1.29, 1.82) is 0 Å². The number of aliphatic hydroxyl groups excluding tert-OH is 4. The van der Waals surface area contributed by atoms with Gasteiger partial charge in [-0.2, -0.15) is 63.6 Å². The summed E-state index contributed by atoms with van der Waals surface area (Å²) in [6.07, 6.45) is 2.25. The smallest absolute Gasteiger partial charge is 0.295 e. The number of anilines is 10. The van der Waals surface area contributed by atoms with Gasteiger partial charge in [0.2, 0.25) is 35.7 Å². The molecule has 2 heterocycles. The molecule has 0 aliphatic rings. The summed E-state index contributed by atoms with van der Waals surface area (Å²) in [4.78, 5) is 26.1. The highest BCUT2D eigenvalue weighted by atomic mass is 32.2. The first kappa shape index (κ1) is 54.3. The van der Waals surface area contributed by atoms with Crippen LogP contribution in [0.25, 0.3) is 12.2 Å². The Kier molecular flexibility index (Phi) is 17.3. The van der Waals surface area contributed by atoms with Gasteiger partial charge in [-0.05, 0) is 71.8 Å². The van der Waals surface area contributed by atoms with Crippen molar-refractivity contribution in [3.63, 3.8) is 0 Å². The van der Waals surface area contributed by atoms with Gasteiger partial charge in [-0.3, -0.25) is 18.2 Å². The highest BCUT2D eigenvalue weighted by Gasteiger charge is 2.21. The molecule has 0 radical (unpaired) electrons. The van der Waals surface area contributed by atoms with Crippen molar-refractivity contribution >= 4 is 111 Å². The third kappa shape index (κ3) is 14.7. The number of nitrogens with zero attached hydrogens (tertiary/aromatic N) is 8. The molecule has 0 atom stereocenters. The lowest BCUT2D eigenvalue weighted by molar-refractivity contribution is 0.279. The molecule has 6 rings (SSSR count). The normalized spacial score (nSPS) is 12.2. The molecule has 32 heteroatoms. The van der Waals surface area contributed by atoms with Gasteiger partial charge in [-0.25, -0.2) is 0 Å². The van der Waals surface area contributed by atoms with E-state index in [0.29, 0.717) is 0 Å². The van der Waals surface area contributed by atoms with E-state index < -0.39 is 86.5 Å².